The number of unbranched alkanes of at least 4 members (excludes halogenated alkanes) is 13. The molecule has 0 rings (SSSR count). The number of esters is 1. The molecule has 1 amide bonds. The molecular weight excluding hydrogens is 622 g/mol. The number of carbonyl (C=O) groups is 2. The Balaban J connectivity index is -0.000000916. The Morgan fingerprint density at radius 1 is 0.562 bits per heavy atom. The Labute approximate surface area is 286 Å². The van der Waals surface area contributed by atoms with E-state index in [2.05, 4.69) is 24.8 Å². The van der Waals surface area contributed by atoms with Crippen LogP contribution in [0.5, 0.6) is 0 Å². The average molecular weight is 682 g/mol. The number of nitriles is 2. The summed E-state index contributed by atoms with van der Waals surface area (Å²) in [6.07, 6.45) is 23.4. The van der Waals surface area contributed by atoms with Crippen molar-refractivity contribution in [2.45, 2.75) is 128 Å². The minimum absolute atomic E-state index is 0.0674. The van der Waals surface area contributed by atoms with Crippen molar-refractivity contribution >= 4 is 24.0 Å². The van der Waals surface area contributed by atoms with Gasteiger partial charge in [0.2, 0.25) is 18.1 Å². The van der Waals surface area contributed by atoms with Gasteiger partial charge < -0.3 is 29.7 Å². The molecule has 0 fully saturated rings. The predicted octanol–water partition coefficient (Wildman–Crippen LogP) is 5.07. The largest absolute Gasteiger partial charge is 0.466 e. The van der Waals surface area contributed by atoms with Crippen LogP contribution in [0.15, 0.2) is 9.98 Å². The molecular formula is C34H59N5O9. The lowest BCUT2D eigenvalue weighted by Crippen LogP contribution is -2.24. The van der Waals surface area contributed by atoms with Crippen LogP contribution in [0.3, 0.4) is 0 Å². The van der Waals surface area contributed by atoms with Crippen LogP contribution >= 0.6 is 0 Å². The first-order chi connectivity index (χ1) is 23.5. The number of hydrogen-bond acceptors (Lipinski definition) is 13. The van der Waals surface area contributed by atoms with Crippen LogP contribution in [-0.2, 0) is 33.4 Å². The van der Waals surface area contributed by atoms with Crippen molar-refractivity contribution in [2.24, 2.45) is 9.98 Å². The Morgan fingerprint density at radius 3 is 1.52 bits per heavy atom. The van der Waals surface area contributed by atoms with Crippen LogP contribution in [0.1, 0.15) is 128 Å². The number of aliphatic imine (C=N–C) groups is 2. The number of rotatable bonds is 31. The van der Waals surface area contributed by atoms with Gasteiger partial charge in [0, 0.05) is 32.6 Å². The summed E-state index contributed by atoms with van der Waals surface area (Å²) < 4.78 is 14.3. The maximum Gasteiger partial charge on any atom is 0.305 e. The molecule has 0 saturated heterocycles. The lowest BCUT2D eigenvalue weighted by atomic mass is 10.1. The molecule has 14 heteroatoms. The standard InChI is InChI=1S/C22H37N3O5.C8H12N2O2.C4H10O2/c23-19-29-17-11-5-4-10-16-25-21(27)13-7-6-12-18-30-22(28)14-8-2-1-3-9-15-24-20-26;9-7-12-6-4-2-1-3-5-10-8-11;5-3-1-2-4-6/h1-18H2,(H,25,27);1-6H2;5-6H,1-4H2. The number of carbonyl (C=O) groups excluding carboxylic acids is 4. The van der Waals surface area contributed by atoms with Gasteiger partial charge in [0.25, 0.3) is 12.5 Å². The van der Waals surface area contributed by atoms with Gasteiger partial charge in [-0.1, -0.05) is 32.1 Å². The minimum Gasteiger partial charge on any atom is -0.466 e. The van der Waals surface area contributed by atoms with Crippen LogP contribution in [0.25, 0.3) is 0 Å². The van der Waals surface area contributed by atoms with Crippen molar-refractivity contribution in [3.05, 3.63) is 0 Å². The molecule has 3 N–H and O–H groups in total. The van der Waals surface area contributed by atoms with E-state index in [9.17, 15) is 19.2 Å². The summed E-state index contributed by atoms with van der Waals surface area (Å²) in [5, 5.41) is 35.3. The topological polar surface area (TPSA) is 221 Å². The van der Waals surface area contributed by atoms with Gasteiger partial charge in [-0.15, -0.1) is 0 Å². The molecule has 0 radical (unpaired) electrons. The van der Waals surface area contributed by atoms with Gasteiger partial charge in [0.05, 0.1) is 19.7 Å². The third kappa shape index (κ3) is 51.8. The zero-order valence-electron chi connectivity index (χ0n) is 28.8. The molecule has 48 heavy (non-hydrogen) atoms. The van der Waals surface area contributed by atoms with Gasteiger partial charge in [-0.3, -0.25) is 9.59 Å². The van der Waals surface area contributed by atoms with Crippen LogP contribution in [0.2, 0.25) is 0 Å². The number of amides is 1. The molecule has 0 heterocycles. The quantitative estimate of drug-likeness (QED) is 0.0288. The molecule has 0 aromatic heterocycles. The second-order valence-electron chi connectivity index (χ2n) is 10.7. The number of aliphatic hydroxyl groups excluding tert-OH is 2. The van der Waals surface area contributed by atoms with Crippen molar-refractivity contribution in [1.82, 2.24) is 5.32 Å². The number of nitrogens with zero attached hydrogens (tertiary/aromatic N) is 4. The van der Waals surface area contributed by atoms with Crippen molar-refractivity contribution in [2.75, 3.05) is 52.7 Å². The van der Waals surface area contributed by atoms with Crippen molar-refractivity contribution in [3.8, 4) is 12.5 Å². The Bertz CT molecular complexity index is 892. The highest BCUT2D eigenvalue weighted by atomic mass is 16.5. The maximum absolute atomic E-state index is 11.7. The van der Waals surface area contributed by atoms with Gasteiger partial charge in [0.1, 0.15) is 13.2 Å². The number of ether oxygens (including phenoxy) is 3. The molecule has 0 atom stereocenters. The molecule has 0 aliphatic rings. The van der Waals surface area contributed by atoms with E-state index in [0.717, 1.165) is 116 Å². The monoisotopic (exact) mass is 681 g/mol. The van der Waals surface area contributed by atoms with Crippen molar-refractivity contribution < 1.29 is 43.6 Å². The summed E-state index contributed by atoms with van der Waals surface area (Å²) in [7, 11) is 0. The van der Waals surface area contributed by atoms with Gasteiger partial charge in [-0.2, -0.15) is 10.5 Å². The fourth-order valence-corrected chi connectivity index (χ4v) is 3.91. The second kappa shape index (κ2) is 47.6. The van der Waals surface area contributed by atoms with Crippen LogP contribution in [-0.4, -0.2) is 86.9 Å². The number of nitrogens with one attached hydrogen (secondary N) is 1. The first-order valence-corrected chi connectivity index (χ1v) is 17.3. The van der Waals surface area contributed by atoms with Crippen LogP contribution in [0, 0.1) is 23.0 Å². The van der Waals surface area contributed by atoms with Gasteiger partial charge in [-0.05, 0) is 83.5 Å². The first kappa shape index (κ1) is 48.6. The highest BCUT2D eigenvalue weighted by Gasteiger charge is 2.04. The fourth-order valence-electron chi connectivity index (χ4n) is 3.91. The predicted molar refractivity (Wildman–Crippen MR) is 180 cm³/mol. The summed E-state index contributed by atoms with van der Waals surface area (Å²) in [5.41, 5.74) is 0. The zero-order chi connectivity index (χ0) is 36.0. The average Bonchev–Trinajstić information content (AvgIpc) is 3.09. The maximum atomic E-state index is 11.7. The SMILES string of the molecule is N#COCCCCCCN=C=O.N#COCCCCCCNC(=O)CCCCCOC(=O)CCCCCCCN=C=O.OCCCCO. The summed E-state index contributed by atoms with van der Waals surface area (Å²) in [5.74, 6) is -0.0877. The van der Waals surface area contributed by atoms with Gasteiger partial charge >= 0.3 is 5.97 Å². The molecule has 0 aromatic rings. The molecule has 0 aliphatic heterocycles. The number of aliphatic hydroxyl groups is 2. The second-order valence-corrected chi connectivity index (χ2v) is 10.7. The molecule has 0 saturated carbocycles. The van der Waals surface area contributed by atoms with Crippen LogP contribution in [0.4, 0.5) is 0 Å². The van der Waals surface area contributed by atoms with E-state index in [0.29, 0.717) is 52.3 Å². The summed E-state index contributed by atoms with van der Waals surface area (Å²) in [6.45, 7) is 3.55. The zero-order valence-corrected chi connectivity index (χ0v) is 28.8. The van der Waals surface area contributed by atoms with E-state index < -0.39 is 0 Å². The van der Waals surface area contributed by atoms with E-state index in [1.54, 1.807) is 12.5 Å². The summed E-state index contributed by atoms with van der Waals surface area (Å²) >= 11 is 0. The Morgan fingerprint density at radius 2 is 1.00 bits per heavy atom. The Kier molecular flexibility index (Phi) is 48.2. The lowest BCUT2D eigenvalue weighted by Gasteiger charge is -2.06. The highest BCUT2D eigenvalue weighted by molar-refractivity contribution is 5.75. The molecule has 0 unspecified atom stereocenters. The fraction of sp³-hybridized carbons (Fsp3) is 0.824. The molecule has 0 aliphatic carbocycles. The summed E-state index contributed by atoms with van der Waals surface area (Å²) in [6, 6.07) is 0. The molecule has 0 aromatic carbocycles. The molecule has 0 bridgehead atoms. The van der Waals surface area contributed by atoms with E-state index >= 15 is 0 Å². The molecule has 274 valence electrons. The van der Waals surface area contributed by atoms with E-state index in [1.165, 1.54) is 12.2 Å². The minimum atomic E-state index is -0.155. The summed E-state index contributed by atoms with van der Waals surface area (Å²) in [4.78, 5) is 49.8. The van der Waals surface area contributed by atoms with E-state index in [4.69, 9.17) is 25.5 Å². The van der Waals surface area contributed by atoms with E-state index in [-0.39, 0.29) is 25.1 Å². The van der Waals surface area contributed by atoms with Crippen LogP contribution < -0.4 is 5.32 Å². The number of isocyanates is 2. The molecule has 14 nitrogen and oxygen atoms in total. The normalized spacial score (nSPS) is 9.42. The Hall–Kier alpha value is -3.80. The van der Waals surface area contributed by atoms with Gasteiger partial charge in [-0.25, -0.2) is 19.6 Å². The number of hydrogen-bond donors (Lipinski definition) is 3. The van der Waals surface area contributed by atoms with Crippen molar-refractivity contribution in [3.63, 3.8) is 0 Å². The lowest BCUT2D eigenvalue weighted by molar-refractivity contribution is -0.144. The molecule has 0 spiro atoms. The van der Waals surface area contributed by atoms with E-state index in [1.807, 2.05) is 0 Å². The highest BCUT2D eigenvalue weighted by Crippen LogP contribution is 2.07. The van der Waals surface area contributed by atoms with Crippen molar-refractivity contribution in [1.29, 1.82) is 10.5 Å². The smallest absolute Gasteiger partial charge is 0.305 e. The third-order valence-electron chi connectivity index (χ3n) is 6.55. The third-order valence-corrected chi connectivity index (χ3v) is 6.55. The first-order valence-electron chi connectivity index (χ1n) is 17.3. The van der Waals surface area contributed by atoms with Gasteiger partial charge in [0.15, 0.2) is 0 Å².